The summed E-state index contributed by atoms with van der Waals surface area (Å²) in [4.78, 5) is 14.5. The SMILES string of the molecule is CCn1c(C)cc(C(=O)CN(C)c2ccccc2)c1C. The van der Waals surface area contributed by atoms with Gasteiger partial charge in [-0.15, -0.1) is 0 Å². The van der Waals surface area contributed by atoms with Gasteiger partial charge in [0.25, 0.3) is 0 Å². The Morgan fingerprint density at radius 2 is 1.85 bits per heavy atom. The number of carbonyl (C=O) groups is 1. The highest BCUT2D eigenvalue weighted by Crippen LogP contribution is 2.17. The van der Waals surface area contributed by atoms with E-state index in [1.165, 1.54) is 0 Å². The van der Waals surface area contributed by atoms with Crippen molar-refractivity contribution in [2.24, 2.45) is 0 Å². The first-order chi connectivity index (χ1) is 9.54. The highest BCUT2D eigenvalue weighted by atomic mass is 16.1. The second-order valence-corrected chi connectivity index (χ2v) is 5.14. The molecule has 0 aliphatic rings. The number of hydrogen-bond donors (Lipinski definition) is 0. The Labute approximate surface area is 120 Å². The molecule has 1 heterocycles. The van der Waals surface area contributed by atoms with Crippen molar-refractivity contribution < 1.29 is 4.79 Å². The zero-order chi connectivity index (χ0) is 14.7. The van der Waals surface area contributed by atoms with Crippen LogP contribution < -0.4 is 4.90 Å². The van der Waals surface area contributed by atoms with Crippen LogP contribution in [0.4, 0.5) is 5.69 Å². The molecule has 1 aromatic heterocycles. The first kappa shape index (κ1) is 14.4. The van der Waals surface area contributed by atoms with Gasteiger partial charge in [0, 0.05) is 36.2 Å². The zero-order valence-electron chi connectivity index (χ0n) is 12.7. The largest absolute Gasteiger partial charge is 0.367 e. The van der Waals surface area contributed by atoms with E-state index < -0.39 is 0 Å². The lowest BCUT2D eigenvalue weighted by Gasteiger charge is -2.18. The van der Waals surface area contributed by atoms with Crippen molar-refractivity contribution >= 4 is 11.5 Å². The highest BCUT2D eigenvalue weighted by molar-refractivity contribution is 6.00. The van der Waals surface area contributed by atoms with E-state index >= 15 is 0 Å². The minimum absolute atomic E-state index is 0.171. The van der Waals surface area contributed by atoms with Crippen LogP contribution in [-0.2, 0) is 6.54 Å². The second kappa shape index (κ2) is 5.95. The molecule has 3 heteroatoms. The van der Waals surface area contributed by atoms with Gasteiger partial charge in [0.2, 0.25) is 0 Å². The molecule has 20 heavy (non-hydrogen) atoms. The molecule has 1 aromatic carbocycles. The van der Waals surface area contributed by atoms with Crippen LogP contribution in [0.1, 0.15) is 28.7 Å². The van der Waals surface area contributed by atoms with Crippen molar-refractivity contribution in [3.63, 3.8) is 0 Å². The highest BCUT2D eigenvalue weighted by Gasteiger charge is 2.16. The van der Waals surface area contributed by atoms with Crippen molar-refractivity contribution in [3.05, 3.63) is 53.3 Å². The number of nitrogens with zero attached hydrogens (tertiary/aromatic N) is 2. The summed E-state index contributed by atoms with van der Waals surface area (Å²) in [5, 5.41) is 0. The third-order valence-electron chi connectivity index (χ3n) is 3.77. The third-order valence-corrected chi connectivity index (χ3v) is 3.77. The second-order valence-electron chi connectivity index (χ2n) is 5.14. The lowest BCUT2D eigenvalue weighted by Crippen LogP contribution is -2.25. The van der Waals surface area contributed by atoms with Crippen LogP contribution in [0.15, 0.2) is 36.4 Å². The van der Waals surface area contributed by atoms with Gasteiger partial charge in [-0.3, -0.25) is 4.79 Å². The van der Waals surface area contributed by atoms with Crippen LogP contribution >= 0.6 is 0 Å². The van der Waals surface area contributed by atoms with Gasteiger partial charge in [0.15, 0.2) is 5.78 Å². The third kappa shape index (κ3) is 2.77. The van der Waals surface area contributed by atoms with Crippen LogP contribution in [0.3, 0.4) is 0 Å². The number of rotatable bonds is 5. The van der Waals surface area contributed by atoms with Crippen molar-refractivity contribution in [3.8, 4) is 0 Å². The number of benzene rings is 1. The lowest BCUT2D eigenvalue weighted by molar-refractivity contribution is 0.0999. The average Bonchev–Trinajstić information content (AvgIpc) is 2.74. The summed E-state index contributed by atoms with van der Waals surface area (Å²) in [6, 6.07) is 12.0. The maximum Gasteiger partial charge on any atom is 0.183 e. The van der Waals surface area contributed by atoms with Crippen LogP contribution in [0.25, 0.3) is 0 Å². The topological polar surface area (TPSA) is 25.2 Å². The Bertz CT molecular complexity index is 599. The molecule has 0 aliphatic carbocycles. The van der Waals surface area contributed by atoms with Crippen molar-refractivity contribution in [2.75, 3.05) is 18.5 Å². The Kier molecular flexibility index (Phi) is 4.28. The van der Waals surface area contributed by atoms with Gasteiger partial charge in [-0.2, -0.15) is 0 Å². The van der Waals surface area contributed by atoms with E-state index in [9.17, 15) is 4.79 Å². The van der Waals surface area contributed by atoms with Gasteiger partial charge in [-0.25, -0.2) is 0 Å². The molecule has 0 radical (unpaired) electrons. The standard InChI is InChI=1S/C17H22N2O/c1-5-19-13(2)11-16(14(19)3)17(20)12-18(4)15-9-7-6-8-10-15/h6-11H,5,12H2,1-4H3. The van der Waals surface area contributed by atoms with E-state index in [-0.39, 0.29) is 5.78 Å². The van der Waals surface area contributed by atoms with Gasteiger partial charge in [0.05, 0.1) is 6.54 Å². The van der Waals surface area contributed by atoms with Crippen LogP contribution in [0, 0.1) is 13.8 Å². The number of hydrogen-bond acceptors (Lipinski definition) is 2. The number of para-hydroxylation sites is 1. The van der Waals surface area contributed by atoms with Crippen molar-refractivity contribution in [1.82, 2.24) is 4.57 Å². The molecule has 3 nitrogen and oxygen atoms in total. The summed E-state index contributed by atoms with van der Waals surface area (Å²) in [5.41, 5.74) is 4.12. The molecule has 2 aromatic rings. The van der Waals surface area contributed by atoms with Gasteiger partial charge in [-0.1, -0.05) is 18.2 Å². The van der Waals surface area contributed by atoms with Gasteiger partial charge in [-0.05, 0) is 39.0 Å². The predicted molar refractivity (Wildman–Crippen MR) is 83.6 cm³/mol. The van der Waals surface area contributed by atoms with Crippen LogP contribution in [0.2, 0.25) is 0 Å². The van der Waals surface area contributed by atoms with Crippen molar-refractivity contribution in [2.45, 2.75) is 27.3 Å². The molecule has 0 saturated heterocycles. The molecule has 0 unspecified atom stereocenters. The zero-order valence-corrected chi connectivity index (χ0v) is 12.7. The number of anilines is 1. The van der Waals surface area contributed by atoms with Gasteiger partial charge >= 0.3 is 0 Å². The normalized spacial score (nSPS) is 10.6. The van der Waals surface area contributed by atoms with E-state index in [4.69, 9.17) is 0 Å². The van der Waals surface area contributed by atoms with E-state index in [1.54, 1.807) is 0 Å². The smallest absolute Gasteiger partial charge is 0.183 e. The van der Waals surface area contributed by atoms with E-state index in [2.05, 4.69) is 11.5 Å². The summed E-state index contributed by atoms with van der Waals surface area (Å²) in [6.45, 7) is 7.47. The summed E-state index contributed by atoms with van der Waals surface area (Å²) in [5.74, 6) is 0.171. The summed E-state index contributed by atoms with van der Waals surface area (Å²) >= 11 is 0. The molecule has 0 saturated carbocycles. The number of likely N-dealkylation sites (N-methyl/N-ethyl adjacent to an activating group) is 1. The Morgan fingerprint density at radius 3 is 2.40 bits per heavy atom. The first-order valence-electron chi connectivity index (χ1n) is 7.00. The minimum Gasteiger partial charge on any atom is -0.367 e. The van der Waals surface area contributed by atoms with E-state index in [1.807, 2.05) is 62.2 Å². The lowest BCUT2D eigenvalue weighted by atomic mass is 10.1. The maximum absolute atomic E-state index is 12.5. The summed E-state index contributed by atoms with van der Waals surface area (Å²) in [7, 11) is 1.95. The molecule has 0 spiro atoms. The summed E-state index contributed by atoms with van der Waals surface area (Å²) < 4.78 is 2.18. The first-order valence-corrected chi connectivity index (χ1v) is 7.00. The fourth-order valence-corrected chi connectivity index (χ4v) is 2.64. The fourth-order valence-electron chi connectivity index (χ4n) is 2.64. The van der Waals surface area contributed by atoms with Gasteiger partial charge < -0.3 is 9.47 Å². The quantitative estimate of drug-likeness (QED) is 0.778. The van der Waals surface area contributed by atoms with Crippen LogP contribution in [-0.4, -0.2) is 23.9 Å². The molecular formula is C17H22N2O. The maximum atomic E-state index is 12.5. The molecular weight excluding hydrogens is 248 g/mol. The molecule has 0 atom stereocenters. The average molecular weight is 270 g/mol. The Balaban J connectivity index is 2.17. The number of aryl methyl sites for hydroxylation is 1. The molecule has 0 amide bonds. The molecule has 0 fully saturated rings. The number of Topliss-reactive ketones (excluding diaryl/α,β-unsaturated/α-hetero) is 1. The number of ketones is 1. The predicted octanol–water partition coefficient (Wildman–Crippen LogP) is 3.44. The van der Waals surface area contributed by atoms with Crippen LogP contribution in [0.5, 0.6) is 0 Å². The minimum atomic E-state index is 0.171. The summed E-state index contributed by atoms with van der Waals surface area (Å²) in [6.07, 6.45) is 0. The fraction of sp³-hybridized carbons (Fsp3) is 0.353. The monoisotopic (exact) mass is 270 g/mol. The molecule has 2 rings (SSSR count). The molecule has 0 N–H and O–H groups in total. The van der Waals surface area contributed by atoms with E-state index in [0.717, 1.165) is 29.2 Å². The van der Waals surface area contributed by atoms with Gasteiger partial charge in [0.1, 0.15) is 0 Å². The Hall–Kier alpha value is -2.03. The number of carbonyl (C=O) groups excluding carboxylic acids is 1. The molecule has 106 valence electrons. The molecule has 0 aliphatic heterocycles. The van der Waals surface area contributed by atoms with E-state index in [0.29, 0.717) is 6.54 Å². The Morgan fingerprint density at radius 1 is 1.20 bits per heavy atom. The molecule has 0 bridgehead atoms. The van der Waals surface area contributed by atoms with Crippen molar-refractivity contribution in [1.29, 1.82) is 0 Å². The number of aromatic nitrogens is 1.